The molecule has 1 saturated heterocycles. The molecule has 11 nitrogen and oxygen atoms in total. The number of hydrogen-bond acceptors (Lipinski definition) is 10. The van der Waals surface area contributed by atoms with E-state index in [-0.39, 0.29) is 29.8 Å². The van der Waals surface area contributed by atoms with Crippen LogP contribution in [-0.2, 0) is 18.9 Å². The van der Waals surface area contributed by atoms with E-state index in [0.717, 1.165) is 48.9 Å². The van der Waals surface area contributed by atoms with E-state index in [9.17, 15) is 28.1 Å². The van der Waals surface area contributed by atoms with Crippen LogP contribution in [0.25, 0.3) is 0 Å². The summed E-state index contributed by atoms with van der Waals surface area (Å²) < 4.78 is 73.3. The number of non-ortho nitro benzene ring substituents is 1. The predicted molar refractivity (Wildman–Crippen MR) is 154 cm³/mol. The van der Waals surface area contributed by atoms with Crippen LogP contribution in [0.2, 0.25) is 0 Å². The second-order valence-electron chi connectivity index (χ2n) is 11.2. The van der Waals surface area contributed by atoms with Gasteiger partial charge in [-0.2, -0.15) is 13.2 Å². The maximum Gasteiger partial charge on any atom is 0.428 e. The van der Waals surface area contributed by atoms with Gasteiger partial charge < -0.3 is 23.7 Å². The molecule has 43 heavy (non-hydrogen) atoms. The molecule has 0 saturated carbocycles. The summed E-state index contributed by atoms with van der Waals surface area (Å²) in [5.41, 5.74) is -2.02. The summed E-state index contributed by atoms with van der Waals surface area (Å²) in [7, 11) is 1.47. The standard InChI is InChI=1S/C28H40F3N3O8S/c1-7-9-15-38-20-19-24(43-25(32-19)33(6)26(35)42-27(3,4)5)41-22(21(20)39-16-10-8-2)23(28(29,30)31)40-18-13-11-17(12-14-18)34(36)37/h11-14,19-24H,7-10,15-16H2,1-6H3/t19-,20-,21+,22+,23?,24-/m1/s1. The fourth-order valence-electron chi connectivity index (χ4n) is 4.38. The Morgan fingerprint density at radius 3 is 2.19 bits per heavy atom. The quantitative estimate of drug-likeness (QED) is 0.147. The Labute approximate surface area is 253 Å². The molecule has 6 atom stereocenters. The largest absolute Gasteiger partial charge is 0.478 e. The molecule has 0 bridgehead atoms. The van der Waals surface area contributed by atoms with E-state index in [1.165, 1.54) is 11.9 Å². The fourth-order valence-corrected chi connectivity index (χ4v) is 5.55. The number of nitro benzene ring substituents is 1. The number of benzene rings is 1. The summed E-state index contributed by atoms with van der Waals surface area (Å²) in [5, 5.41) is 11.2. The van der Waals surface area contributed by atoms with E-state index in [1.807, 2.05) is 13.8 Å². The third-order valence-electron chi connectivity index (χ3n) is 6.54. The number of thioether (sulfide) groups is 1. The Balaban J connectivity index is 1.99. The Morgan fingerprint density at radius 1 is 1.09 bits per heavy atom. The van der Waals surface area contributed by atoms with Gasteiger partial charge >= 0.3 is 12.3 Å². The molecule has 0 N–H and O–H groups in total. The number of nitrogens with zero attached hydrogens (tertiary/aromatic N) is 3. The lowest BCUT2D eigenvalue weighted by atomic mass is 9.93. The average Bonchev–Trinajstić information content (AvgIpc) is 3.34. The molecule has 1 aromatic carbocycles. The topological polar surface area (TPSA) is 122 Å². The number of alkyl halides is 3. The van der Waals surface area contributed by atoms with Crippen LogP contribution in [0.3, 0.4) is 0 Å². The molecular formula is C28H40F3N3O8S. The van der Waals surface area contributed by atoms with Gasteiger partial charge in [0.15, 0.2) is 5.17 Å². The van der Waals surface area contributed by atoms with Gasteiger partial charge in [-0.3, -0.25) is 20.0 Å². The van der Waals surface area contributed by atoms with Crippen molar-refractivity contribution in [1.29, 1.82) is 0 Å². The Bertz CT molecular complexity index is 1120. The van der Waals surface area contributed by atoms with Crippen LogP contribution in [-0.4, -0.2) is 89.0 Å². The normalized spacial score (nSPS) is 24.6. The lowest BCUT2D eigenvalue weighted by Crippen LogP contribution is -2.63. The van der Waals surface area contributed by atoms with E-state index < -0.39 is 58.7 Å². The van der Waals surface area contributed by atoms with Gasteiger partial charge in [0.2, 0.25) is 6.10 Å². The van der Waals surface area contributed by atoms with Crippen molar-refractivity contribution in [2.24, 2.45) is 4.99 Å². The van der Waals surface area contributed by atoms with Crippen LogP contribution >= 0.6 is 11.8 Å². The minimum atomic E-state index is -4.92. The summed E-state index contributed by atoms with van der Waals surface area (Å²) in [4.78, 5) is 29.0. The van der Waals surface area contributed by atoms with E-state index >= 15 is 0 Å². The van der Waals surface area contributed by atoms with Crippen LogP contribution in [0.5, 0.6) is 5.75 Å². The molecule has 0 aliphatic carbocycles. The van der Waals surface area contributed by atoms with Gasteiger partial charge in [0.1, 0.15) is 41.1 Å². The number of aliphatic imine (C=N–C) groups is 1. The van der Waals surface area contributed by atoms with Crippen molar-refractivity contribution in [3.05, 3.63) is 34.4 Å². The first kappa shape index (κ1) is 34.9. The number of carbonyl (C=O) groups is 1. The monoisotopic (exact) mass is 635 g/mol. The number of hydrogen-bond donors (Lipinski definition) is 0. The molecule has 15 heteroatoms. The lowest BCUT2D eigenvalue weighted by molar-refractivity contribution is -0.384. The zero-order chi connectivity index (χ0) is 31.9. The molecule has 242 valence electrons. The molecule has 2 heterocycles. The highest BCUT2D eigenvalue weighted by molar-refractivity contribution is 8.14. The van der Waals surface area contributed by atoms with Gasteiger partial charge in [-0.25, -0.2) is 4.79 Å². The minimum absolute atomic E-state index is 0.148. The maximum absolute atomic E-state index is 14.7. The van der Waals surface area contributed by atoms with Crippen LogP contribution in [0.15, 0.2) is 29.3 Å². The second kappa shape index (κ2) is 14.9. The van der Waals surface area contributed by atoms with Crippen LogP contribution in [0, 0.1) is 10.1 Å². The number of fused-ring (bicyclic) bond motifs is 1. The number of rotatable bonds is 12. The number of ether oxygens (including phenoxy) is 5. The number of halogens is 3. The highest BCUT2D eigenvalue weighted by Gasteiger charge is 2.59. The molecule has 0 spiro atoms. The molecule has 0 radical (unpaired) electrons. The van der Waals surface area contributed by atoms with Crippen molar-refractivity contribution < 1.29 is 46.6 Å². The van der Waals surface area contributed by atoms with Crippen molar-refractivity contribution >= 4 is 28.7 Å². The second-order valence-corrected chi connectivity index (χ2v) is 12.3. The van der Waals surface area contributed by atoms with E-state index in [0.29, 0.717) is 12.8 Å². The smallest absolute Gasteiger partial charge is 0.428 e. The minimum Gasteiger partial charge on any atom is -0.478 e. The summed E-state index contributed by atoms with van der Waals surface area (Å²) in [6.07, 6.45) is -9.19. The third-order valence-corrected chi connectivity index (χ3v) is 7.75. The zero-order valence-corrected chi connectivity index (χ0v) is 26.0. The maximum atomic E-state index is 14.7. The summed E-state index contributed by atoms with van der Waals surface area (Å²) in [6, 6.07) is 3.55. The predicted octanol–water partition coefficient (Wildman–Crippen LogP) is 6.34. The van der Waals surface area contributed by atoms with Gasteiger partial charge in [0, 0.05) is 32.4 Å². The van der Waals surface area contributed by atoms with Crippen molar-refractivity contribution in [1.82, 2.24) is 4.90 Å². The van der Waals surface area contributed by atoms with Gasteiger partial charge in [0.05, 0.1) is 4.92 Å². The van der Waals surface area contributed by atoms with E-state index in [1.54, 1.807) is 20.8 Å². The molecule has 1 aromatic rings. The van der Waals surface area contributed by atoms with Crippen molar-refractivity contribution in [2.45, 2.75) is 108 Å². The highest BCUT2D eigenvalue weighted by atomic mass is 32.2. The Morgan fingerprint density at radius 2 is 1.67 bits per heavy atom. The van der Waals surface area contributed by atoms with Crippen molar-refractivity contribution in [3.63, 3.8) is 0 Å². The molecule has 0 aromatic heterocycles. The molecule has 2 aliphatic rings. The first-order valence-corrected chi connectivity index (χ1v) is 15.1. The number of amidine groups is 1. The number of carbonyl (C=O) groups excluding carboxylic acids is 1. The van der Waals surface area contributed by atoms with E-state index in [2.05, 4.69) is 4.99 Å². The zero-order valence-electron chi connectivity index (χ0n) is 25.2. The molecule has 1 amide bonds. The third kappa shape index (κ3) is 9.43. The van der Waals surface area contributed by atoms with Crippen molar-refractivity contribution in [3.8, 4) is 5.75 Å². The fraction of sp³-hybridized carbons (Fsp3) is 0.714. The average molecular weight is 636 g/mol. The summed E-state index contributed by atoms with van der Waals surface area (Å²) in [5.74, 6) is -0.227. The first-order chi connectivity index (χ1) is 20.2. The SMILES string of the molecule is CCCCO[C@@H]1[C@H]2N=C(N(C)C(=O)OC(C)(C)C)S[C@H]2O[C@H](C(Oc2ccc([N+](=O)[O-])cc2)C(F)(F)F)[C@H]1OCCCC. The molecule has 2 aliphatic heterocycles. The summed E-state index contributed by atoms with van der Waals surface area (Å²) in [6.45, 7) is 9.44. The molecule has 1 unspecified atom stereocenters. The number of nitro groups is 1. The van der Waals surface area contributed by atoms with Gasteiger partial charge in [-0.1, -0.05) is 38.5 Å². The molecule has 1 fully saturated rings. The first-order valence-electron chi connectivity index (χ1n) is 14.2. The highest BCUT2D eigenvalue weighted by Crippen LogP contribution is 2.43. The summed E-state index contributed by atoms with van der Waals surface area (Å²) >= 11 is 0.993. The van der Waals surface area contributed by atoms with Crippen molar-refractivity contribution in [2.75, 3.05) is 20.3 Å². The number of amides is 1. The molecule has 3 rings (SSSR count). The number of unbranched alkanes of at least 4 members (excludes halogenated alkanes) is 2. The van der Waals surface area contributed by atoms with Crippen LogP contribution < -0.4 is 4.74 Å². The van der Waals surface area contributed by atoms with Crippen LogP contribution in [0.4, 0.5) is 23.7 Å². The van der Waals surface area contributed by atoms with E-state index in [4.69, 9.17) is 23.7 Å². The molecular weight excluding hydrogens is 595 g/mol. The van der Waals surface area contributed by atoms with Gasteiger partial charge in [-0.15, -0.1) is 0 Å². The van der Waals surface area contributed by atoms with Gasteiger partial charge in [-0.05, 0) is 45.7 Å². The Hall–Kier alpha value is -2.62. The van der Waals surface area contributed by atoms with Crippen LogP contribution in [0.1, 0.15) is 60.3 Å². The lowest BCUT2D eigenvalue weighted by Gasteiger charge is -2.45. The van der Waals surface area contributed by atoms with Gasteiger partial charge in [0.25, 0.3) is 5.69 Å². The Kier molecular flexibility index (Phi) is 12.1.